The number of allylic oxidation sites excluding steroid dienone is 2. The number of ether oxygens (including phenoxy) is 5. The van der Waals surface area contributed by atoms with Crippen LogP contribution in [0.5, 0.6) is 0 Å². The number of esters is 1. The van der Waals surface area contributed by atoms with Crippen LogP contribution in [-0.2, 0) is 50.2 Å². The number of amides is 1. The highest BCUT2D eigenvalue weighted by Crippen LogP contribution is 2.42. The highest BCUT2D eigenvalue weighted by molar-refractivity contribution is 8.00. The van der Waals surface area contributed by atoms with Crippen LogP contribution in [0.3, 0.4) is 0 Å². The van der Waals surface area contributed by atoms with Crippen LogP contribution in [0.25, 0.3) is 6.08 Å². The average molecular weight is 774 g/mol. The fraction of sp³-hybridized carbons (Fsp3) is 0.343. The Morgan fingerprint density at radius 3 is 2.56 bits per heavy atom. The quantitative estimate of drug-likeness (QED) is 0.112. The van der Waals surface area contributed by atoms with Crippen molar-refractivity contribution in [3.05, 3.63) is 101 Å². The van der Waals surface area contributed by atoms with E-state index in [9.17, 15) is 28.0 Å². The summed E-state index contributed by atoms with van der Waals surface area (Å²) in [7, 11) is 0. The summed E-state index contributed by atoms with van der Waals surface area (Å²) in [6, 6.07) is 8.71. The maximum Gasteiger partial charge on any atom is 0.512 e. The first-order valence-corrected chi connectivity index (χ1v) is 17.0. The molecule has 0 spiro atoms. The fourth-order valence-corrected chi connectivity index (χ4v) is 6.36. The maximum atomic E-state index is 15.6. The van der Waals surface area contributed by atoms with E-state index in [4.69, 9.17) is 34.1 Å². The number of carbonyl (C=O) groups is 4. The number of carbonyl (C=O) groups excluding carboxylic acids is 3. The Bertz CT molecular complexity index is 1880. The van der Waals surface area contributed by atoms with Crippen molar-refractivity contribution in [2.45, 2.75) is 48.7 Å². The highest BCUT2D eigenvalue weighted by Gasteiger charge is 2.47. The van der Waals surface area contributed by atoms with E-state index in [2.05, 4.69) is 15.4 Å². The summed E-state index contributed by atoms with van der Waals surface area (Å²) in [6.45, 7) is 0.00425. The first-order chi connectivity index (χ1) is 25.9. The molecule has 1 aliphatic rings. The zero-order valence-corrected chi connectivity index (χ0v) is 29.4. The first-order valence-electron chi connectivity index (χ1n) is 16.1. The molecule has 1 fully saturated rings. The fourth-order valence-electron chi connectivity index (χ4n) is 5.00. The number of nitrogens with one attached hydrogen (secondary N) is 1. The third-order valence-corrected chi connectivity index (χ3v) is 9.08. The summed E-state index contributed by atoms with van der Waals surface area (Å²) in [5.74, 6) is -5.41. The monoisotopic (exact) mass is 773 g/mol. The zero-order chi connectivity index (χ0) is 39.1. The molecule has 1 amide bonds. The molecule has 2 aromatic carbocycles. The van der Waals surface area contributed by atoms with Gasteiger partial charge in [-0.25, -0.2) is 27.6 Å². The number of hydrogen-bond donors (Lipinski definition) is 2. The number of benzene rings is 2. The predicted octanol–water partition coefficient (Wildman–Crippen LogP) is 4.23. The minimum Gasteiger partial charge on any atom is -0.480 e. The molecule has 0 saturated carbocycles. The van der Waals surface area contributed by atoms with E-state index < -0.39 is 78.4 Å². The molecule has 1 saturated heterocycles. The maximum absolute atomic E-state index is 15.6. The number of aromatic nitrogens is 3. The molecule has 0 unspecified atom stereocenters. The Labute approximate surface area is 310 Å². The SMILES string of the molecule is C[C@@H](SC1COC(/C=C/C=C/c2ccc(C#N)cc2F)OC1)[C@@](Cn1cncn1)(OC(=O)OCOC(=O)CCC(=O)NCC(=O)O)c1ccc(F)cc1F. The Balaban J connectivity index is 1.42. The van der Waals surface area contributed by atoms with Gasteiger partial charge in [-0.1, -0.05) is 24.3 Å². The largest absolute Gasteiger partial charge is 0.512 e. The molecule has 286 valence electrons. The van der Waals surface area contributed by atoms with Gasteiger partial charge in [0.1, 0.15) is 36.7 Å². The lowest BCUT2D eigenvalue weighted by Crippen LogP contribution is -2.47. The molecule has 1 aliphatic heterocycles. The molecule has 0 radical (unpaired) electrons. The Kier molecular flexibility index (Phi) is 15.2. The van der Waals surface area contributed by atoms with Gasteiger partial charge in [0.15, 0.2) is 11.9 Å². The number of carboxylic acids is 1. The van der Waals surface area contributed by atoms with Gasteiger partial charge in [0.2, 0.25) is 12.7 Å². The second-order valence-electron chi connectivity index (χ2n) is 11.4. The molecule has 15 nitrogen and oxygen atoms in total. The van der Waals surface area contributed by atoms with Crippen LogP contribution in [0.2, 0.25) is 0 Å². The molecular weight excluding hydrogens is 739 g/mol. The minimum absolute atomic E-state index is 0.137. The molecule has 4 rings (SSSR count). The topological polar surface area (TPSA) is 201 Å². The minimum atomic E-state index is -1.94. The van der Waals surface area contributed by atoms with Crippen LogP contribution in [0, 0.1) is 28.8 Å². The van der Waals surface area contributed by atoms with Crippen molar-refractivity contribution in [1.29, 1.82) is 5.26 Å². The lowest BCUT2D eigenvalue weighted by molar-refractivity contribution is -0.156. The van der Waals surface area contributed by atoms with Gasteiger partial charge in [-0.2, -0.15) is 10.4 Å². The summed E-state index contributed by atoms with van der Waals surface area (Å²) in [4.78, 5) is 51.3. The molecule has 2 atom stereocenters. The van der Waals surface area contributed by atoms with Gasteiger partial charge in [-0.3, -0.25) is 14.4 Å². The third-order valence-electron chi connectivity index (χ3n) is 7.64. The van der Waals surface area contributed by atoms with Gasteiger partial charge in [-0.05, 0) is 37.3 Å². The van der Waals surface area contributed by atoms with Crippen molar-refractivity contribution in [3.8, 4) is 6.07 Å². The second-order valence-corrected chi connectivity index (χ2v) is 13.1. The van der Waals surface area contributed by atoms with Gasteiger partial charge < -0.3 is 34.1 Å². The zero-order valence-electron chi connectivity index (χ0n) is 28.6. The average Bonchev–Trinajstić information content (AvgIpc) is 3.65. The van der Waals surface area contributed by atoms with E-state index in [1.807, 2.05) is 6.07 Å². The highest BCUT2D eigenvalue weighted by atomic mass is 32.2. The van der Waals surface area contributed by atoms with Gasteiger partial charge in [-0.15, -0.1) is 11.8 Å². The number of nitrogens with zero attached hydrogens (tertiary/aromatic N) is 4. The van der Waals surface area contributed by atoms with Gasteiger partial charge in [0.05, 0.1) is 43.1 Å². The van der Waals surface area contributed by atoms with Crippen LogP contribution in [0.1, 0.15) is 36.5 Å². The van der Waals surface area contributed by atoms with E-state index >= 15 is 4.39 Å². The summed E-state index contributed by atoms with van der Waals surface area (Å²) in [6.07, 6.45) is 5.81. The first kappa shape index (κ1) is 41.1. The van der Waals surface area contributed by atoms with Crippen molar-refractivity contribution in [2.75, 3.05) is 26.6 Å². The van der Waals surface area contributed by atoms with Crippen molar-refractivity contribution < 1.29 is 61.1 Å². The lowest BCUT2D eigenvalue weighted by Gasteiger charge is -2.40. The number of hydrogen-bond acceptors (Lipinski definition) is 13. The molecule has 54 heavy (non-hydrogen) atoms. The Hall–Kier alpha value is -5.71. The normalized spacial score (nSPS) is 17.3. The predicted molar refractivity (Wildman–Crippen MR) is 182 cm³/mol. The van der Waals surface area contributed by atoms with E-state index in [-0.39, 0.29) is 48.1 Å². The van der Waals surface area contributed by atoms with Crippen molar-refractivity contribution in [3.63, 3.8) is 0 Å². The smallest absolute Gasteiger partial charge is 0.480 e. The van der Waals surface area contributed by atoms with E-state index in [1.165, 1.54) is 47.3 Å². The third kappa shape index (κ3) is 12.2. The molecular formula is C35H34F3N5O10S. The van der Waals surface area contributed by atoms with Crippen molar-refractivity contribution in [1.82, 2.24) is 20.1 Å². The number of aliphatic carboxylic acids is 1. The van der Waals surface area contributed by atoms with Gasteiger partial charge in [0, 0.05) is 28.9 Å². The Morgan fingerprint density at radius 1 is 1.11 bits per heavy atom. The number of carboxylic acid groups (broad SMARTS) is 1. The number of halogens is 3. The van der Waals surface area contributed by atoms with Crippen LogP contribution in [0.4, 0.5) is 18.0 Å². The molecule has 0 aliphatic carbocycles. The molecule has 2 heterocycles. The van der Waals surface area contributed by atoms with E-state index in [1.54, 1.807) is 25.2 Å². The van der Waals surface area contributed by atoms with E-state index in [0.29, 0.717) is 6.07 Å². The number of nitriles is 1. The van der Waals surface area contributed by atoms with Crippen molar-refractivity contribution in [2.24, 2.45) is 0 Å². The van der Waals surface area contributed by atoms with Gasteiger partial charge >= 0.3 is 18.1 Å². The number of rotatable bonds is 17. The second kappa shape index (κ2) is 19.9. The Morgan fingerprint density at radius 2 is 1.89 bits per heavy atom. The van der Waals surface area contributed by atoms with Crippen LogP contribution in [-0.4, -0.2) is 87.2 Å². The summed E-state index contributed by atoms with van der Waals surface area (Å²) in [5.41, 5.74) is -1.69. The summed E-state index contributed by atoms with van der Waals surface area (Å²) in [5, 5.41) is 22.4. The molecule has 1 aromatic heterocycles. The molecule has 19 heteroatoms. The van der Waals surface area contributed by atoms with Gasteiger partial charge in [0.25, 0.3) is 0 Å². The van der Waals surface area contributed by atoms with Crippen LogP contribution < -0.4 is 5.32 Å². The molecule has 2 N–H and O–H groups in total. The van der Waals surface area contributed by atoms with Crippen molar-refractivity contribution >= 4 is 41.8 Å². The summed E-state index contributed by atoms with van der Waals surface area (Å²) < 4.78 is 72.3. The molecule has 0 bridgehead atoms. The summed E-state index contributed by atoms with van der Waals surface area (Å²) >= 11 is 1.21. The van der Waals surface area contributed by atoms with Crippen LogP contribution in [0.15, 0.2) is 67.3 Å². The number of thioether (sulfide) groups is 1. The van der Waals surface area contributed by atoms with Crippen LogP contribution >= 0.6 is 11.8 Å². The van der Waals surface area contributed by atoms with E-state index in [0.717, 1.165) is 18.2 Å². The lowest BCUT2D eigenvalue weighted by atomic mass is 9.89. The standard InChI is InChI=1S/C35H34F3N5O10S/c1-22(54-26-16-49-33(50-17-26)5-3-2-4-24-7-6-23(14-39)12-28(24)37)35(18-43-20-40-19-42-43,27-9-8-25(36)13-29(27)38)53-34(48)52-21-51-32(47)11-10-30(44)41-15-31(45)46/h2-9,12-13,19-20,22,26,33H,10-11,15-18,21H2,1H3,(H,41,44)(H,45,46)/b4-2+,5-3+/t22-,26?,33?,35-/m1/s1. The molecule has 3 aromatic rings.